The van der Waals surface area contributed by atoms with Gasteiger partial charge in [0.15, 0.2) is 0 Å². The third-order valence-corrected chi connectivity index (χ3v) is 7.32. The molecule has 29 heavy (non-hydrogen) atoms. The van der Waals surface area contributed by atoms with Crippen molar-refractivity contribution >= 4 is 5.91 Å². The minimum absolute atomic E-state index is 0.0488. The Morgan fingerprint density at radius 1 is 1.00 bits per heavy atom. The predicted octanol–water partition coefficient (Wildman–Crippen LogP) is 2.05. The molecule has 3 fully saturated rings. The molecule has 1 unspecified atom stereocenters. The summed E-state index contributed by atoms with van der Waals surface area (Å²) in [6.45, 7) is 19.8. The molecular weight excluding hydrogens is 364 g/mol. The highest BCUT2D eigenvalue weighted by molar-refractivity contribution is 5.77. The van der Waals surface area contributed by atoms with E-state index in [1.807, 2.05) is 13.8 Å². The average Bonchev–Trinajstić information content (AvgIpc) is 3.10. The summed E-state index contributed by atoms with van der Waals surface area (Å²) in [7, 11) is 0. The van der Waals surface area contributed by atoms with Gasteiger partial charge in [-0.25, -0.2) is 0 Å². The Morgan fingerprint density at radius 2 is 1.62 bits per heavy atom. The highest BCUT2D eigenvalue weighted by Gasteiger charge is 2.42. The quantitative estimate of drug-likeness (QED) is 0.666. The van der Waals surface area contributed by atoms with E-state index in [2.05, 4.69) is 33.9 Å². The fourth-order valence-electron chi connectivity index (χ4n) is 5.07. The van der Waals surface area contributed by atoms with Crippen LogP contribution in [0.5, 0.6) is 0 Å². The molecule has 0 radical (unpaired) electrons. The number of hydrogen-bond acceptors (Lipinski definition) is 5. The highest BCUT2D eigenvalue weighted by Crippen LogP contribution is 2.41. The van der Waals surface area contributed by atoms with Crippen LogP contribution in [0.25, 0.3) is 0 Å². The second kappa shape index (κ2) is 10.6. The van der Waals surface area contributed by atoms with Crippen molar-refractivity contribution in [2.45, 2.75) is 65.5 Å². The number of nitrogens with one attached hydrogen (secondary N) is 1. The maximum atomic E-state index is 11.8. The molecule has 1 atom stereocenters. The summed E-state index contributed by atoms with van der Waals surface area (Å²) in [5, 5.41) is 3.04. The van der Waals surface area contributed by atoms with Gasteiger partial charge in [0.2, 0.25) is 5.91 Å². The van der Waals surface area contributed by atoms with E-state index in [1.54, 1.807) is 0 Å². The zero-order valence-electron chi connectivity index (χ0n) is 19.3. The normalized spacial score (nSPS) is 26.6. The predicted molar refractivity (Wildman–Crippen MR) is 118 cm³/mol. The standard InChI is InChI=1S/C23H44N4O2/c1-19(2)22(28)24-17-21-16-23(18-29-21)6-10-25(11-7-23)8-5-9-26-12-14-27(15-13-26)20(3)4/h19-21H,5-18H2,1-4H3,(H,24,28). The number of carbonyl (C=O) groups excluding carboxylic acids is 1. The molecule has 6 nitrogen and oxygen atoms in total. The molecule has 3 rings (SSSR count). The van der Waals surface area contributed by atoms with E-state index in [0.29, 0.717) is 18.0 Å². The van der Waals surface area contributed by atoms with Crippen LogP contribution in [0.15, 0.2) is 0 Å². The highest BCUT2D eigenvalue weighted by atomic mass is 16.5. The minimum atomic E-state index is 0.0488. The van der Waals surface area contributed by atoms with Gasteiger partial charge in [-0.05, 0) is 71.1 Å². The molecule has 3 aliphatic rings. The Labute approximate surface area is 178 Å². The first-order valence-electron chi connectivity index (χ1n) is 11.9. The van der Waals surface area contributed by atoms with Crippen LogP contribution in [0.2, 0.25) is 0 Å². The summed E-state index contributed by atoms with van der Waals surface area (Å²) < 4.78 is 6.05. The van der Waals surface area contributed by atoms with E-state index in [1.165, 1.54) is 71.6 Å². The average molecular weight is 409 g/mol. The molecule has 1 amide bonds. The number of hydrogen-bond donors (Lipinski definition) is 1. The lowest BCUT2D eigenvalue weighted by Crippen LogP contribution is -2.49. The van der Waals surface area contributed by atoms with Gasteiger partial charge >= 0.3 is 0 Å². The summed E-state index contributed by atoms with van der Waals surface area (Å²) >= 11 is 0. The molecule has 168 valence electrons. The Morgan fingerprint density at radius 3 is 2.21 bits per heavy atom. The molecule has 3 heterocycles. The van der Waals surface area contributed by atoms with Crippen LogP contribution in [0.1, 0.15) is 53.4 Å². The third-order valence-electron chi connectivity index (χ3n) is 7.32. The summed E-state index contributed by atoms with van der Waals surface area (Å²) in [5.41, 5.74) is 0.358. The number of rotatable bonds is 8. The van der Waals surface area contributed by atoms with Gasteiger partial charge in [-0.1, -0.05) is 13.8 Å². The fourth-order valence-corrected chi connectivity index (χ4v) is 5.07. The Hall–Kier alpha value is -0.690. The molecule has 6 heteroatoms. The van der Waals surface area contributed by atoms with Crippen LogP contribution in [0.4, 0.5) is 0 Å². The Balaban J connectivity index is 1.28. The van der Waals surface area contributed by atoms with Crippen molar-refractivity contribution in [3.63, 3.8) is 0 Å². The van der Waals surface area contributed by atoms with Crippen molar-refractivity contribution in [3.8, 4) is 0 Å². The van der Waals surface area contributed by atoms with Crippen molar-refractivity contribution in [3.05, 3.63) is 0 Å². The van der Waals surface area contributed by atoms with Crippen molar-refractivity contribution in [2.75, 3.05) is 65.5 Å². The van der Waals surface area contributed by atoms with Crippen LogP contribution in [0.3, 0.4) is 0 Å². The molecule has 3 aliphatic heterocycles. The lowest BCUT2D eigenvalue weighted by atomic mass is 9.76. The van der Waals surface area contributed by atoms with Crippen molar-refractivity contribution < 1.29 is 9.53 Å². The largest absolute Gasteiger partial charge is 0.376 e. The molecule has 0 aliphatic carbocycles. The van der Waals surface area contributed by atoms with E-state index >= 15 is 0 Å². The molecule has 0 aromatic rings. The van der Waals surface area contributed by atoms with E-state index in [-0.39, 0.29) is 17.9 Å². The second-order valence-electron chi connectivity index (χ2n) is 10.2. The number of likely N-dealkylation sites (tertiary alicyclic amines) is 1. The first kappa shape index (κ1) is 23.0. The van der Waals surface area contributed by atoms with Gasteiger partial charge in [-0.15, -0.1) is 0 Å². The second-order valence-corrected chi connectivity index (χ2v) is 10.2. The van der Waals surface area contributed by atoms with E-state index in [4.69, 9.17) is 4.74 Å². The Bertz CT molecular complexity index is 509. The van der Waals surface area contributed by atoms with Crippen molar-refractivity contribution in [2.24, 2.45) is 11.3 Å². The van der Waals surface area contributed by atoms with Gasteiger partial charge in [0.25, 0.3) is 0 Å². The maximum Gasteiger partial charge on any atom is 0.222 e. The monoisotopic (exact) mass is 408 g/mol. The topological polar surface area (TPSA) is 48.1 Å². The molecular formula is C23H44N4O2. The number of nitrogens with zero attached hydrogens (tertiary/aromatic N) is 3. The van der Waals surface area contributed by atoms with Crippen LogP contribution in [-0.4, -0.2) is 98.3 Å². The summed E-state index contributed by atoms with van der Waals surface area (Å²) in [4.78, 5) is 19.7. The molecule has 0 aromatic heterocycles. The van der Waals surface area contributed by atoms with Crippen LogP contribution < -0.4 is 5.32 Å². The summed E-state index contributed by atoms with van der Waals surface area (Å²) in [6, 6.07) is 0.684. The Kier molecular flexibility index (Phi) is 8.37. The SMILES string of the molecule is CC(C)C(=O)NCC1CC2(CCN(CCCN3CCN(C(C)C)CC3)CC2)CO1. The molecule has 3 saturated heterocycles. The lowest BCUT2D eigenvalue weighted by Gasteiger charge is -2.39. The van der Waals surface area contributed by atoms with E-state index in [9.17, 15) is 4.79 Å². The van der Waals surface area contributed by atoms with Crippen LogP contribution in [-0.2, 0) is 9.53 Å². The molecule has 0 bridgehead atoms. The number of piperidine rings is 1. The van der Waals surface area contributed by atoms with Crippen molar-refractivity contribution in [1.82, 2.24) is 20.0 Å². The van der Waals surface area contributed by atoms with Gasteiger partial charge in [-0.3, -0.25) is 9.69 Å². The third kappa shape index (κ3) is 6.65. The smallest absolute Gasteiger partial charge is 0.222 e. The van der Waals surface area contributed by atoms with Crippen LogP contribution in [0, 0.1) is 11.3 Å². The molecule has 1 spiro atoms. The first-order chi connectivity index (χ1) is 13.9. The molecule has 0 aromatic carbocycles. The zero-order valence-corrected chi connectivity index (χ0v) is 19.3. The first-order valence-corrected chi connectivity index (χ1v) is 11.9. The maximum absolute atomic E-state index is 11.8. The zero-order chi connectivity index (χ0) is 20.9. The van der Waals surface area contributed by atoms with Crippen LogP contribution >= 0.6 is 0 Å². The van der Waals surface area contributed by atoms with Gasteiger partial charge in [0, 0.05) is 44.7 Å². The minimum Gasteiger partial charge on any atom is -0.376 e. The number of piperazine rings is 1. The van der Waals surface area contributed by atoms with E-state index < -0.39 is 0 Å². The van der Waals surface area contributed by atoms with Gasteiger partial charge in [0.05, 0.1) is 12.7 Å². The fraction of sp³-hybridized carbons (Fsp3) is 0.957. The molecule has 1 N–H and O–H groups in total. The number of carbonyl (C=O) groups is 1. The summed E-state index contributed by atoms with van der Waals surface area (Å²) in [6.07, 6.45) is 5.09. The van der Waals surface area contributed by atoms with Crippen molar-refractivity contribution in [1.29, 1.82) is 0 Å². The van der Waals surface area contributed by atoms with Gasteiger partial charge in [-0.2, -0.15) is 0 Å². The summed E-state index contributed by atoms with van der Waals surface area (Å²) in [5.74, 6) is 0.183. The molecule has 0 saturated carbocycles. The lowest BCUT2D eigenvalue weighted by molar-refractivity contribution is -0.124. The number of amides is 1. The van der Waals surface area contributed by atoms with Gasteiger partial charge in [0.1, 0.15) is 0 Å². The van der Waals surface area contributed by atoms with E-state index in [0.717, 1.165) is 13.0 Å². The van der Waals surface area contributed by atoms with Gasteiger partial charge < -0.3 is 19.9 Å². The number of ether oxygens (including phenoxy) is 1.